The van der Waals surface area contributed by atoms with Crippen LogP contribution >= 0.6 is 0 Å². The van der Waals surface area contributed by atoms with E-state index in [4.69, 9.17) is 4.74 Å². The van der Waals surface area contributed by atoms with Gasteiger partial charge in [-0.25, -0.2) is 4.90 Å². The van der Waals surface area contributed by atoms with E-state index in [1.165, 1.54) is 6.07 Å². The average Bonchev–Trinajstić information content (AvgIpc) is 3.09. The number of carbonyl (C=O) groups excluding carboxylic acids is 2. The first-order valence-electron chi connectivity index (χ1n) is 7.33. The number of aryl methyl sites for hydroxylation is 1. The number of imide groups is 1. The van der Waals surface area contributed by atoms with Crippen molar-refractivity contribution in [1.29, 1.82) is 0 Å². The van der Waals surface area contributed by atoms with E-state index in [9.17, 15) is 19.7 Å². The number of nitrogens with zero attached hydrogens (tertiary/aromatic N) is 2. The fraction of sp³-hybridized carbons (Fsp3) is 0.375. The number of hydrogen-bond acceptors (Lipinski definition) is 5. The first-order valence-corrected chi connectivity index (χ1v) is 7.33. The molecule has 1 aromatic rings. The Bertz CT molecular complexity index is 802. The molecule has 0 saturated carbocycles. The number of anilines is 1. The molecule has 0 radical (unpaired) electrons. The van der Waals surface area contributed by atoms with Crippen molar-refractivity contribution in [3.05, 3.63) is 46.0 Å². The van der Waals surface area contributed by atoms with E-state index in [1.54, 1.807) is 26.0 Å². The number of ether oxygens (including phenoxy) is 1. The Labute approximate surface area is 131 Å². The molecule has 0 spiro atoms. The van der Waals surface area contributed by atoms with Crippen LogP contribution in [0.1, 0.15) is 12.5 Å². The maximum absolute atomic E-state index is 12.8. The first-order chi connectivity index (χ1) is 10.8. The number of hydrogen-bond donors (Lipinski definition) is 0. The number of nitro groups is 1. The van der Waals surface area contributed by atoms with Gasteiger partial charge in [0.1, 0.15) is 0 Å². The molecular weight excluding hydrogens is 300 g/mol. The molecule has 2 amide bonds. The fourth-order valence-corrected chi connectivity index (χ4v) is 3.84. The van der Waals surface area contributed by atoms with Crippen LogP contribution in [0.3, 0.4) is 0 Å². The molecule has 0 N–H and O–H groups in total. The van der Waals surface area contributed by atoms with Crippen LogP contribution in [0.4, 0.5) is 11.4 Å². The van der Waals surface area contributed by atoms with Crippen LogP contribution in [-0.4, -0.2) is 28.4 Å². The summed E-state index contributed by atoms with van der Waals surface area (Å²) in [7, 11) is 0. The Balaban J connectivity index is 1.78. The van der Waals surface area contributed by atoms with Gasteiger partial charge in [0.25, 0.3) is 5.69 Å². The van der Waals surface area contributed by atoms with Gasteiger partial charge >= 0.3 is 0 Å². The highest BCUT2D eigenvalue weighted by atomic mass is 16.6. The number of nitro benzene ring substituents is 1. The van der Waals surface area contributed by atoms with Gasteiger partial charge in [-0.3, -0.25) is 19.7 Å². The Kier molecular flexibility index (Phi) is 2.61. The molecule has 7 heteroatoms. The summed E-state index contributed by atoms with van der Waals surface area (Å²) in [5, 5.41) is 11.1. The summed E-state index contributed by atoms with van der Waals surface area (Å²) in [6.07, 6.45) is 3.24. The third kappa shape index (κ3) is 1.68. The van der Waals surface area contributed by atoms with Crippen molar-refractivity contribution in [3.63, 3.8) is 0 Å². The van der Waals surface area contributed by atoms with Crippen molar-refractivity contribution in [2.75, 3.05) is 4.90 Å². The third-order valence-electron chi connectivity index (χ3n) is 4.98. The highest BCUT2D eigenvalue weighted by Crippen LogP contribution is 2.52. The van der Waals surface area contributed by atoms with Crippen LogP contribution in [0.15, 0.2) is 30.4 Å². The predicted molar refractivity (Wildman–Crippen MR) is 79.7 cm³/mol. The zero-order valence-corrected chi connectivity index (χ0v) is 12.6. The minimum Gasteiger partial charge on any atom is -0.362 e. The highest BCUT2D eigenvalue weighted by Gasteiger charge is 2.66. The van der Waals surface area contributed by atoms with Crippen molar-refractivity contribution in [2.45, 2.75) is 25.6 Å². The monoisotopic (exact) mass is 314 g/mol. The molecule has 3 aliphatic rings. The van der Waals surface area contributed by atoms with Gasteiger partial charge in [0, 0.05) is 11.6 Å². The maximum atomic E-state index is 12.8. The Hall–Kier alpha value is -2.54. The third-order valence-corrected chi connectivity index (χ3v) is 4.98. The van der Waals surface area contributed by atoms with Gasteiger partial charge < -0.3 is 4.74 Å². The quantitative estimate of drug-likeness (QED) is 0.359. The zero-order chi connectivity index (χ0) is 16.5. The summed E-state index contributed by atoms with van der Waals surface area (Å²) in [6, 6.07) is 4.40. The minimum atomic E-state index is -0.770. The summed E-state index contributed by atoms with van der Waals surface area (Å²) < 4.78 is 5.75. The van der Waals surface area contributed by atoms with E-state index in [2.05, 4.69) is 0 Å². The zero-order valence-electron chi connectivity index (χ0n) is 12.6. The summed E-state index contributed by atoms with van der Waals surface area (Å²) in [5.41, 5.74) is -0.151. The lowest BCUT2D eigenvalue weighted by Crippen LogP contribution is -2.38. The fourth-order valence-electron chi connectivity index (χ4n) is 3.84. The maximum Gasteiger partial charge on any atom is 0.274 e. The van der Waals surface area contributed by atoms with Gasteiger partial charge in [0.2, 0.25) is 11.8 Å². The summed E-state index contributed by atoms with van der Waals surface area (Å²) >= 11 is 0. The molecule has 2 fully saturated rings. The lowest BCUT2D eigenvalue weighted by molar-refractivity contribution is -0.385. The number of fused-ring (bicyclic) bond motifs is 5. The molecule has 0 aliphatic carbocycles. The molecule has 4 rings (SSSR count). The van der Waals surface area contributed by atoms with Crippen molar-refractivity contribution in [1.82, 2.24) is 0 Å². The van der Waals surface area contributed by atoms with E-state index < -0.39 is 28.5 Å². The second kappa shape index (κ2) is 4.26. The van der Waals surface area contributed by atoms with Crippen LogP contribution in [0, 0.1) is 28.9 Å². The molecule has 3 aliphatic heterocycles. The molecule has 7 nitrogen and oxygen atoms in total. The van der Waals surface area contributed by atoms with Crippen molar-refractivity contribution in [2.24, 2.45) is 11.8 Å². The molecule has 0 aromatic heterocycles. The number of carbonyl (C=O) groups is 2. The summed E-state index contributed by atoms with van der Waals surface area (Å²) in [6.45, 7) is 3.41. The Morgan fingerprint density at radius 3 is 2.70 bits per heavy atom. The van der Waals surface area contributed by atoms with Gasteiger partial charge in [-0.05, 0) is 19.9 Å². The van der Waals surface area contributed by atoms with E-state index in [0.29, 0.717) is 5.56 Å². The van der Waals surface area contributed by atoms with E-state index in [-0.39, 0.29) is 23.2 Å². The Morgan fingerprint density at radius 1 is 1.30 bits per heavy atom. The summed E-state index contributed by atoms with van der Waals surface area (Å²) in [5.74, 6) is -1.81. The van der Waals surface area contributed by atoms with Gasteiger partial charge in [0.15, 0.2) is 0 Å². The van der Waals surface area contributed by atoms with Crippen LogP contribution in [0.25, 0.3) is 0 Å². The van der Waals surface area contributed by atoms with E-state index in [1.807, 2.05) is 12.2 Å². The predicted octanol–water partition coefficient (Wildman–Crippen LogP) is 1.74. The van der Waals surface area contributed by atoms with Crippen LogP contribution in [-0.2, 0) is 14.3 Å². The van der Waals surface area contributed by atoms with Gasteiger partial charge in [-0.2, -0.15) is 0 Å². The standard InChI is InChI=1S/C16H14N2O5/c1-8-3-4-9(7-10(8)18(21)22)17-14(19)12-11-5-6-16(2,23-11)13(12)15(17)20/h3-7,11-13H,1-2H3/t11-,12+,13-,16-/m0/s1. The van der Waals surface area contributed by atoms with Crippen LogP contribution in [0.5, 0.6) is 0 Å². The second-order valence-electron chi connectivity index (χ2n) is 6.37. The van der Waals surface area contributed by atoms with Gasteiger partial charge in [-0.1, -0.05) is 18.2 Å². The topological polar surface area (TPSA) is 89.8 Å². The van der Waals surface area contributed by atoms with Gasteiger partial charge in [0.05, 0.1) is 34.2 Å². The molecule has 118 valence electrons. The molecule has 1 aromatic carbocycles. The molecule has 23 heavy (non-hydrogen) atoms. The molecule has 0 unspecified atom stereocenters. The van der Waals surface area contributed by atoms with Crippen molar-refractivity contribution in [3.8, 4) is 0 Å². The molecule has 3 heterocycles. The molecule has 4 atom stereocenters. The number of benzene rings is 1. The largest absolute Gasteiger partial charge is 0.362 e. The Morgan fingerprint density at radius 2 is 2.04 bits per heavy atom. The molecular formula is C16H14N2O5. The number of amides is 2. The normalized spacial score (nSPS) is 34.3. The van der Waals surface area contributed by atoms with Gasteiger partial charge in [-0.15, -0.1) is 0 Å². The van der Waals surface area contributed by atoms with Crippen molar-refractivity contribution >= 4 is 23.2 Å². The van der Waals surface area contributed by atoms with Crippen LogP contribution < -0.4 is 4.90 Å². The SMILES string of the molecule is Cc1ccc(N2C(=O)[C@@H]3[C@@H]4C=C[C@](C)(O4)[C@@H]3C2=O)cc1[N+](=O)[O-]. The average molecular weight is 314 g/mol. The van der Waals surface area contributed by atoms with E-state index in [0.717, 1.165) is 4.90 Å². The number of rotatable bonds is 2. The highest BCUT2D eigenvalue weighted by molar-refractivity contribution is 6.23. The minimum absolute atomic E-state index is 0.108. The smallest absolute Gasteiger partial charge is 0.274 e. The second-order valence-corrected chi connectivity index (χ2v) is 6.37. The molecule has 2 bridgehead atoms. The molecule has 2 saturated heterocycles. The van der Waals surface area contributed by atoms with Crippen LogP contribution in [0.2, 0.25) is 0 Å². The lowest BCUT2D eigenvalue weighted by Gasteiger charge is -2.24. The summed E-state index contributed by atoms with van der Waals surface area (Å²) in [4.78, 5) is 37.2. The van der Waals surface area contributed by atoms with Crippen molar-refractivity contribution < 1.29 is 19.2 Å². The van der Waals surface area contributed by atoms with E-state index >= 15 is 0 Å². The first kappa shape index (κ1) is 14.1. The lowest BCUT2D eigenvalue weighted by atomic mass is 9.78.